The van der Waals surface area contributed by atoms with Gasteiger partial charge in [0.15, 0.2) is 5.76 Å². The van der Waals surface area contributed by atoms with Gasteiger partial charge < -0.3 is 24.9 Å². The third-order valence-electron chi connectivity index (χ3n) is 5.98. The molecule has 3 amide bonds. The van der Waals surface area contributed by atoms with Gasteiger partial charge in [0.2, 0.25) is 11.8 Å². The van der Waals surface area contributed by atoms with Crippen LogP contribution < -0.4 is 10.6 Å². The average molecular weight is 406 g/mol. The minimum atomic E-state index is -0.581. The standard InChI is InChI=1S/C22H22N4O4/c27-20-18-11-14(24-21(28)19-6-3-9-30-19)7-8-26(18)22(29)17(25-20)10-13-12-23-16-5-2-1-4-15(13)16/h1-6,9,12,14,17-18,23H,7-8,10-11H2,(H,24,28)(H,25,27)/t14-,17+,18-/m0/s1. The number of aromatic nitrogens is 1. The first kappa shape index (κ1) is 18.5. The molecule has 2 aromatic heterocycles. The molecule has 2 aliphatic heterocycles. The Morgan fingerprint density at radius 3 is 2.90 bits per heavy atom. The van der Waals surface area contributed by atoms with Crippen LogP contribution in [0.1, 0.15) is 29.0 Å². The number of carbonyl (C=O) groups is 3. The molecule has 154 valence electrons. The van der Waals surface area contributed by atoms with E-state index < -0.39 is 12.1 Å². The molecule has 2 aliphatic rings. The molecule has 0 bridgehead atoms. The molecule has 0 spiro atoms. The monoisotopic (exact) mass is 406 g/mol. The number of hydrogen-bond donors (Lipinski definition) is 3. The number of aromatic amines is 1. The fraction of sp³-hybridized carbons (Fsp3) is 0.318. The third-order valence-corrected chi connectivity index (χ3v) is 5.98. The van der Waals surface area contributed by atoms with Crippen molar-refractivity contribution in [2.75, 3.05) is 6.54 Å². The third kappa shape index (κ3) is 3.24. The number of fused-ring (bicyclic) bond motifs is 2. The first-order chi connectivity index (χ1) is 14.6. The Morgan fingerprint density at radius 2 is 2.07 bits per heavy atom. The Bertz CT molecular complexity index is 1100. The van der Waals surface area contributed by atoms with E-state index in [-0.39, 0.29) is 29.5 Å². The van der Waals surface area contributed by atoms with Crippen LogP contribution in [0.4, 0.5) is 0 Å². The Labute approximate surface area is 172 Å². The second kappa shape index (κ2) is 7.37. The zero-order valence-electron chi connectivity index (χ0n) is 16.3. The topological polar surface area (TPSA) is 107 Å². The maximum absolute atomic E-state index is 13.1. The highest BCUT2D eigenvalue weighted by molar-refractivity contribution is 5.98. The van der Waals surface area contributed by atoms with Crippen LogP contribution in [0, 0.1) is 0 Å². The minimum absolute atomic E-state index is 0.0688. The van der Waals surface area contributed by atoms with Gasteiger partial charge in [-0.3, -0.25) is 14.4 Å². The van der Waals surface area contributed by atoms with Crippen molar-refractivity contribution in [3.05, 3.63) is 60.2 Å². The van der Waals surface area contributed by atoms with Gasteiger partial charge in [-0.05, 0) is 36.6 Å². The number of carbonyl (C=O) groups excluding carboxylic acids is 3. The summed E-state index contributed by atoms with van der Waals surface area (Å²) in [5.74, 6) is -0.310. The van der Waals surface area contributed by atoms with Crippen LogP contribution in [0.15, 0.2) is 53.3 Å². The van der Waals surface area contributed by atoms with E-state index in [4.69, 9.17) is 4.42 Å². The van der Waals surface area contributed by atoms with Crippen molar-refractivity contribution in [3.8, 4) is 0 Å². The summed E-state index contributed by atoms with van der Waals surface area (Å²) >= 11 is 0. The molecule has 3 aromatic rings. The molecule has 5 rings (SSSR count). The number of hydrogen-bond acceptors (Lipinski definition) is 4. The number of piperidine rings is 1. The van der Waals surface area contributed by atoms with Gasteiger partial charge in [-0.15, -0.1) is 0 Å². The highest BCUT2D eigenvalue weighted by Crippen LogP contribution is 2.25. The van der Waals surface area contributed by atoms with E-state index in [0.717, 1.165) is 16.5 Å². The van der Waals surface area contributed by atoms with Gasteiger partial charge in [0.25, 0.3) is 5.91 Å². The quantitative estimate of drug-likeness (QED) is 0.612. The fourth-order valence-corrected chi connectivity index (χ4v) is 4.46. The van der Waals surface area contributed by atoms with Gasteiger partial charge in [-0.25, -0.2) is 0 Å². The second-order valence-corrected chi connectivity index (χ2v) is 7.84. The molecule has 4 heterocycles. The van der Waals surface area contributed by atoms with E-state index >= 15 is 0 Å². The van der Waals surface area contributed by atoms with Gasteiger partial charge in [0.1, 0.15) is 12.1 Å². The lowest BCUT2D eigenvalue weighted by molar-refractivity contribution is -0.151. The summed E-state index contributed by atoms with van der Waals surface area (Å²) in [6, 6.07) is 9.82. The second-order valence-electron chi connectivity index (χ2n) is 7.84. The molecule has 0 unspecified atom stereocenters. The Hall–Kier alpha value is -3.55. The zero-order valence-corrected chi connectivity index (χ0v) is 16.3. The maximum atomic E-state index is 13.1. The molecular formula is C22H22N4O4. The summed E-state index contributed by atoms with van der Waals surface area (Å²) in [4.78, 5) is 43.0. The highest BCUT2D eigenvalue weighted by atomic mass is 16.3. The molecular weight excluding hydrogens is 384 g/mol. The highest BCUT2D eigenvalue weighted by Gasteiger charge is 2.44. The first-order valence-corrected chi connectivity index (χ1v) is 10.1. The van der Waals surface area contributed by atoms with E-state index in [2.05, 4.69) is 15.6 Å². The van der Waals surface area contributed by atoms with Crippen molar-refractivity contribution in [2.24, 2.45) is 0 Å². The van der Waals surface area contributed by atoms with Crippen molar-refractivity contribution < 1.29 is 18.8 Å². The molecule has 2 saturated heterocycles. The first-order valence-electron chi connectivity index (χ1n) is 10.1. The summed E-state index contributed by atoms with van der Waals surface area (Å²) in [5, 5.41) is 6.85. The van der Waals surface area contributed by atoms with Gasteiger partial charge in [0, 0.05) is 36.1 Å². The molecule has 1 aromatic carbocycles. The fourth-order valence-electron chi connectivity index (χ4n) is 4.46. The number of nitrogens with one attached hydrogen (secondary N) is 3. The summed E-state index contributed by atoms with van der Waals surface area (Å²) in [6.45, 7) is 0.435. The van der Waals surface area contributed by atoms with E-state index in [9.17, 15) is 14.4 Å². The van der Waals surface area contributed by atoms with Crippen LogP contribution in [-0.4, -0.2) is 52.3 Å². The van der Waals surface area contributed by atoms with E-state index in [1.807, 2.05) is 30.5 Å². The van der Waals surface area contributed by atoms with Gasteiger partial charge in [0.05, 0.1) is 6.26 Å². The van der Waals surface area contributed by atoms with Crippen LogP contribution in [-0.2, 0) is 16.0 Å². The summed E-state index contributed by atoms with van der Waals surface area (Å²) in [5.41, 5.74) is 2.01. The summed E-state index contributed by atoms with van der Waals surface area (Å²) in [7, 11) is 0. The molecule has 8 nitrogen and oxygen atoms in total. The number of amides is 3. The van der Waals surface area contributed by atoms with Crippen LogP contribution in [0.5, 0.6) is 0 Å². The van der Waals surface area contributed by atoms with Crippen LogP contribution in [0.25, 0.3) is 10.9 Å². The number of nitrogens with zero attached hydrogens (tertiary/aromatic N) is 1. The summed E-state index contributed by atoms with van der Waals surface area (Å²) < 4.78 is 5.12. The largest absolute Gasteiger partial charge is 0.459 e. The zero-order chi connectivity index (χ0) is 20.7. The van der Waals surface area contributed by atoms with Crippen molar-refractivity contribution in [1.82, 2.24) is 20.5 Å². The molecule has 8 heteroatoms. The average Bonchev–Trinajstić information content (AvgIpc) is 3.43. The molecule has 2 fully saturated rings. The van der Waals surface area contributed by atoms with Gasteiger partial charge in [-0.1, -0.05) is 18.2 Å². The lowest BCUT2D eigenvalue weighted by Gasteiger charge is -2.44. The summed E-state index contributed by atoms with van der Waals surface area (Å²) in [6.07, 6.45) is 4.77. The number of H-pyrrole nitrogens is 1. The van der Waals surface area contributed by atoms with E-state index in [0.29, 0.717) is 25.8 Å². The predicted octanol–water partition coefficient (Wildman–Crippen LogP) is 1.59. The smallest absolute Gasteiger partial charge is 0.287 e. The maximum Gasteiger partial charge on any atom is 0.287 e. The SMILES string of the molecule is O=C(N[C@H]1CCN2C(=O)[C@@H](Cc3c[nH]c4ccccc34)NC(=O)[C@@H]2C1)c1ccco1. The lowest BCUT2D eigenvalue weighted by Crippen LogP contribution is -2.67. The van der Waals surface area contributed by atoms with Crippen molar-refractivity contribution >= 4 is 28.6 Å². The number of benzene rings is 1. The minimum Gasteiger partial charge on any atom is -0.459 e. The Morgan fingerprint density at radius 1 is 1.20 bits per heavy atom. The van der Waals surface area contributed by atoms with Crippen molar-refractivity contribution in [3.63, 3.8) is 0 Å². The number of furan rings is 1. The molecule has 30 heavy (non-hydrogen) atoms. The van der Waals surface area contributed by atoms with Crippen LogP contribution in [0.2, 0.25) is 0 Å². The molecule has 3 N–H and O–H groups in total. The predicted molar refractivity (Wildman–Crippen MR) is 109 cm³/mol. The van der Waals surface area contributed by atoms with Crippen molar-refractivity contribution in [1.29, 1.82) is 0 Å². The number of rotatable bonds is 4. The molecule has 0 aliphatic carbocycles. The number of piperazine rings is 1. The van der Waals surface area contributed by atoms with Crippen molar-refractivity contribution in [2.45, 2.75) is 37.4 Å². The number of para-hydroxylation sites is 1. The van der Waals surface area contributed by atoms with Crippen LogP contribution >= 0.6 is 0 Å². The van der Waals surface area contributed by atoms with Gasteiger partial charge in [-0.2, -0.15) is 0 Å². The Balaban J connectivity index is 1.27. The molecule has 3 atom stereocenters. The Kier molecular flexibility index (Phi) is 4.54. The van der Waals surface area contributed by atoms with E-state index in [1.165, 1.54) is 6.26 Å². The molecule has 0 saturated carbocycles. The molecule has 0 radical (unpaired) electrons. The lowest BCUT2D eigenvalue weighted by atomic mass is 9.91. The van der Waals surface area contributed by atoms with Crippen LogP contribution in [0.3, 0.4) is 0 Å². The normalized spacial score (nSPS) is 23.9. The van der Waals surface area contributed by atoms with E-state index in [1.54, 1.807) is 17.0 Å². The van der Waals surface area contributed by atoms with Gasteiger partial charge >= 0.3 is 0 Å².